The Morgan fingerprint density at radius 2 is 0.625 bits per heavy atom. The van der Waals surface area contributed by atoms with Gasteiger partial charge in [0.2, 0.25) is 0 Å². The molecule has 1 aliphatic heterocycles. The summed E-state index contributed by atoms with van der Waals surface area (Å²) < 4.78 is 61.5. The zero-order chi connectivity index (χ0) is 52.4. The van der Waals surface area contributed by atoms with Crippen LogP contribution in [-0.2, 0) is 27.1 Å². The van der Waals surface area contributed by atoms with Gasteiger partial charge >= 0.3 is 0 Å². The summed E-state index contributed by atoms with van der Waals surface area (Å²) in [7, 11) is 2.99. The average molecular weight is 1010 g/mol. The van der Waals surface area contributed by atoms with Crippen LogP contribution in [0.15, 0.2) is 89.6 Å². The third-order valence-corrected chi connectivity index (χ3v) is 16.9. The van der Waals surface area contributed by atoms with Gasteiger partial charge in [-0.3, -0.25) is 0 Å². The summed E-state index contributed by atoms with van der Waals surface area (Å²) in [5.74, 6) is 4.32. The predicted molar refractivity (Wildman–Crippen MR) is 298 cm³/mol. The summed E-state index contributed by atoms with van der Waals surface area (Å²) in [5, 5.41) is 5.15. The smallest absolute Gasteiger partial charge is 0.256 e. The number of methoxy groups -OCH3 is 4. The van der Waals surface area contributed by atoms with Crippen molar-refractivity contribution in [2.24, 2.45) is 0 Å². The molecule has 0 spiro atoms. The molecule has 9 rings (SSSR count). The summed E-state index contributed by atoms with van der Waals surface area (Å²) in [6.45, 7) is 35.2. The normalized spacial score (nSPS) is 13.8. The first-order chi connectivity index (χ1) is 33.6. The Bertz CT molecular complexity index is 3180. The number of benzene rings is 6. The van der Waals surface area contributed by atoms with E-state index < -0.39 is 21.4 Å². The molecule has 0 bridgehead atoms. The SMILES string of the molecule is COc1cc(C(C)(C)C)c2op(-c3cc(C)cc4c3Oc3c(-p5oc6c(C(C)(C)C)cc(OC)cc6c6cc(OC)cc(C(C)(C)C)c6o5)cc(C)cc3C4(C)C)oc3c(C(C)(C)C)cc(OC)cc3c2c1. The first-order valence-electron chi connectivity index (χ1n) is 24.8. The molecule has 8 aromatic rings. The van der Waals surface area contributed by atoms with E-state index in [1.807, 2.05) is 0 Å². The standard InChI is InChI=1S/C61H72O9P2/c1-33-21-47-55(49(23-33)71-67-51-39(25-35(62-17)29-43(51)57(3,4)5)40-26-36(63-18)30-44(52(40)68-71)58(6,7)8)66-56-48(61(47,15)16)22-34(2)24-50(56)72-69-53-41(27-37(64-19)31-45(53)59(9,10)11)42-28-38(65-20)32-46(54(42)70-72)60(12,13)14/h21-32H,1-20H3. The van der Waals surface area contributed by atoms with Crippen LogP contribution in [0.1, 0.15) is 141 Å². The second kappa shape index (κ2) is 17.7. The highest BCUT2D eigenvalue weighted by Gasteiger charge is 2.40. The molecular weight excluding hydrogens is 939 g/mol. The van der Waals surface area contributed by atoms with Crippen molar-refractivity contribution in [1.29, 1.82) is 0 Å². The lowest BCUT2D eigenvalue weighted by atomic mass is 9.75. The molecule has 3 heterocycles. The van der Waals surface area contributed by atoms with Crippen LogP contribution < -0.4 is 23.7 Å². The van der Waals surface area contributed by atoms with Gasteiger partial charge in [0.15, 0.2) is 0 Å². The van der Waals surface area contributed by atoms with Crippen molar-refractivity contribution in [3.05, 3.63) is 117 Å². The van der Waals surface area contributed by atoms with Crippen molar-refractivity contribution in [3.8, 4) is 45.1 Å². The maximum atomic E-state index is 7.59. The summed E-state index contributed by atoms with van der Waals surface area (Å²) in [6, 6.07) is 25.4. The van der Waals surface area contributed by atoms with E-state index in [-0.39, 0.29) is 21.7 Å². The van der Waals surface area contributed by atoms with E-state index in [4.69, 9.17) is 40.5 Å². The Labute approximate surface area is 427 Å². The highest BCUT2D eigenvalue weighted by molar-refractivity contribution is 7.46. The third-order valence-electron chi connectivity index (χ3n) is 14.1. The molecule has 0 saturated heterocycles. The quantitative estimate of drug-likeness (QED) is 0.161. The molecule has 9 nitrogen and oxygen atoms in total. The topological polar surface area (TPSA) is 98.7 Å². The Morgan fingerprint density at radius 1 is 0.375 bits per heavy atom. The van der Waals surface area contributed by atoms with Crippen LogP contribution in [0.2, 0.25) is 0 Å². The van der Waals surface area contributed by atoms with Gasteiger partial charge in [-0.25, -0.2) is 0 Å². The Balaban J connectivity index is 1.43. The lowest BCUT2D eigenvalue weighted by Crippen LogP contribution is -2.25. The van der Waals surface area contributed by atoms with E-state index >= 15 is 0 Å². The molecule has 0 unspecified atom stereocenters. The van der Waals surface area contributed by atoms with Crippen LogP contribution in [0.5, 0.6) is 34.5 Å². The number of hydrogen-bond donors (Lipinski definition) is 0. The van der Waals surface area contributed by atoms with Gasteiger partial charge in [0.05, 0.1) is 28.4 Å². The molecule has 0 amide bonds. The van der Waals surface area contributed by atoms with Crippen molar-refractivity contribution < 1.29 is 40.5 Å². The molecule has 2 aromatic heterocycles. The monoisotopic (exact) mass is 1010 g/mol. The molecule has 11 heteroatoms. The average Bonchev–Trinajstić information content (AvgIpc) is 3.57. The minimum Gasteiger partial charge on any atom is -0.497 e. The van der Waals surface area contributed by atoms with Gasteiger partial charge in [-0.2, -0.15) is 0 Å². The summed E-state index contributed by atoms with van der Waals surface area (Å²) in [5.41, 5.74) is 9.26. The molecule has 0 aliphatic carbocycles. The van der Waals surface area contributed by atoms with E-state index in [1.165, 1.54) is 0 Å². The number of aryl methyl sites for hydroxylation is 2. The van der Waals surface area contributed by atoms with Gasteiger partial charge in [0.25, 0.3) is 16.0 Å². The maximum Gasteiger partial charge on any atom is 0.256 e. The molecule has 380 valence electrons. The van der Waals surface area contributed by atoms with Crippen molar-refractivity contribution in [3.63, 3.8) is 0 Å². The Kier molecular flexibility index (Phi) is 12.5. The molecular formula is C61H72O9P2. The van der Waals surface area contributed by atoms with E-state index in [0.717, 1.165) is 122 Å². The van der Waals surface area contributed by atoms with Crippen LogP contribution in [0, 0.1) is 13.8 Å². The van der Waals surface area contributed by atoms with Crippen molar-refractivity contribution in [2.75, 3.05) is 28.4 Å². The summed E-state index contributed by atoms with van der Waals surface area (Å²) >= 11 is 0. The molecule has 6 aromatic carbocycles. The van der Waals surface area contributed by atoms with Gasteiger partial charge in [0.1, 0.15) is 67.4 Å². The van der Waals surface area contributed by atoms with Gasteiger partial charge < -0.3 is 40.5 Å². The van der Waals surface area contributed by atoms with Crippen molar-refractivity contribution in [1.82, 2.24) is 0 Å². The Hall–Kier alpha value is -5.88. The van der Waals surface area contributed by atoms with Crippen molar-refractivity contribution >= 4 is 59.9 Å². The zero-order valence-electron chi connectivity index (χ0n) is 46.0. The highest BCUT2D eigenvalue weighted by Crippen LogP contribution is 2.62. The molecule has 1 aliphatic rings. The molecule has 0 N–H and O–H groups in total. The fraction of sp³-hybridized carbons (Fsp3) is 0.410. The Morgan fingerprint density at radius 3 is 0.847 bits per heavy atom. The number of fused-ring (bicyclic) bond motifs is 8. The van der Waals surface area contributed by atoms with Gasteiger partial charge in [-0.05, 0) is 107 Å². The van der Waals surface area contributed by atoms with E-state index in [1.54, 1.807) is 28.4 Å². The van der Waals surface area contributed by atoms with Crippen LogP contribution >= 0.6 is 16.0 Å². The van der Waals surface area contributed by atoms with Gasteiger partial charge in [-0.1, -0.05) is 109 Å². The minimum atomic E-state index is -1.92. The minimum absolute atomic E-state index is 0.333. The second-order valence-electron chi connectivity index (χ2n) is 24.1. The van der Waals surface area contributed by atoms with Crippen LogP contribution in [0.3, 0.4) is 0 Å². The van der Waals surface area contributed by atoms with E-state index in [0.29, 0.717) is 11.5 Å². The zero-order valence-corrected chi connectivity index (χ0v) is 47.8. The predicted octanol–water partition coefficient (Wildman–Crippen LogP) is 19.1. The molecule has 0 radical (unpaired) electrons. The first kappa shape index (κ1) is 51.0. The summed E-state index contributed by atoms with van der Waals surface area (Å²) in [6.07, 6.45) is 0. The largest absolute Gasteiger partial charge is 0.497 e. The summed E-state index contributed by atoms with van der Waals surface area (Å²) in [4.78, 5) is 0. The van der Waals surface area contributed by atoms with Crippen molar-refractivity contribution in [2.45, 2.75) is 138 Å². The van der Waals surface area contributed by atoms with Gasteiger partial charge in [-0.15, -0.1) is 0 Å². The number of hydrogen-bond acceptors (Lipinski definition) is 9. The van der Waals surface area contributed by atoms with Crippen LogP contribution in [0.25, 0.3) is 54.5 Å². The number of rotatable bonds is 6. The first-order valence-corrected chi connectivity index (χ1v) is 27.1. The van der Waals surface area contributed by atoms with E-state index in [9.17, 15) is 0 Å². The molecule has 72 heavy (non-hydrogen) atoms. The lowest BCUT2D eigenvalue weighted by Gasteiger charge is -2.36. The van der Waals surface area contributed by atoms with Crippen LogP contribution in [0.4, 0.5) is 0 Å². The molecule has 0 atom stereocenters. The van der Waals surface area contributed by atoms with Crippen LogP contribution in [-0.4, -0.2) is 28.4 Å². The maximum absolute atomic E-state index is 7.59. The second-order valence-corrected chi connectivity index (χ2v) is 26.9. The number of ether oxygens (including phenoxy) is 5. The molecule has 0 fully saturated rings. The fourth-order valence-electron chi connectivity index (χ4n) is 10.0. The lowest BCUT2D eigenvalue weighted by molar-refractivity contribution is 0.413. The fourth-order valence-corrected chi connectivity index (χ4v) is 13.2. The van der Waals surface area contributed by atoms with Gasteiger partial charge in [0, 0.05) is 60.3 Å². The highest BCUT2D eigenvalue weighted by atomic mass is 31.1. The molecule has 0 saturated carbocycles. The third kappa shape index (κ3) is 8.83. The van der Waals surface area contributed by atoms with E-state index in [2.05, 4.69) is 184 Å².